The number of ketones is 1. The normalized spacial score (nSPS) is 24.1. The topological polar surface area (TPSA) is 73.8 Å². The van der Waals surface area contributed by atoms with Gasteiger partial charge in [0.2, 0.25) is 0 Å². The van der Waals surface area contributed by atoms with Crippen LogP contribution < -0.4 is 5.73 Å². The summed E-state index contributed by atoms with van der Waals surface area (Å²) in [6, 6.07) is 0.0463. The van der Waals surface area contributed by atoms with E-state index in [0.717, 1.165) is 38.1 Å². The lowest BCUT2D eigenvalue weighted by Crippen LogP contribution is -2.32. The van der Waals surface area contributed by atoms with E-state index < -0.39 is 0 Å². The number of Topliss-reactive ketones (excluding diaryl/α,β-unsaturated/α-hetero) is 1. The molecule has 0 radical (unpaired) electrons. The summed E-state index contributed by atoms with van der Waals surface area (Å²) in [5, 5.41) is 4.13. The first kappa shape index (κ1) is 12.2. The summed E-state index contributed by atoms with van der Waals surface area (Å²) >= 11 is 0. The van der Waals surface area contributed by atoms with Crippen LogP contribution in [-0.2, 0) is 17.8 Å². The minimum atomic E-state index is 0.0294. The molecule has 5 nitrogen and oxygen atoms in total. The predicted octanol–water partition coefficient (Wildman–Crippen LogP) is 0.927. The molecule has 94 valence electrons. The van der Waals surface area contributed by atoms with E-state index in [0.29, 0.717) is 6.42 Å². The molecular formula is C12H20N4O. The molecule has 2 atom stereocenters. The van der Waals surface area contributed by atoms with Gasteiger partial charge in [-0.2, -0.15) is 5.10 Å². The van der Waals surface area contributed by atoms with Crippen molar-refractivity contribution in [3.63, 3.8) is 0 Å². The molecule has 1 aromatic heterocycles. The van der Waals surface area contributed by atoms with Crippen molar-refractivity contribution in [2.45, 2.75) is 51.6 Å². The zero-order valence-electron chi connectivity index (χ0n) is 10.3. The van der Waals surface area contributed by atoms with Gasteiger partial charge in [0.25, 0.3) is 0 Å². The second kappa shape index (κ2) is 5.40. The maximum atomic E-state index is 12.1. The standard InChI is InChI=1S/C12H20N4O/c1-2-6-16-12(14-8-15-16)7-11(17)9-4-3-5-10(9)13/h8-10H,2-7,13H2,1H3. The van der Waals surface area contributed by atoms with E-state index in [2.05, 4.69) is 17.0 Å². The summed E-state index contributed by atoms with van der Waals surface area (Å²) in [5.41, 5.74) is 5.94. The molecular weight excluding hydrogens is 216 g/mol. The van der Waals surface area contributed by atoms with Crippen molar-refractivity contribution in [1.82, 2.24) is 14.8 Å². The fraction of sp³-hybridized carbons (Fsp3) is 0.750. The maximum Gasteiger partial charge on any atom is 0.145 e. The minimum Gasteiger partial charge on any atom is -0.327 e. The Morgan fingerprint density at radius 3 is 3.06 bits per heavy atom. The van der Waals surface area contributed by atoms with Crippen LogP contribution in [0.1, 0.15) is 38.4 Å². The van der Waals surface area contributed by atoms with Crippen LogP contribution in [0, 0.1) is 5.92 Å². The highest BCUT2D eigenvalue weighted by Gasteiger charge is 2.30. The third kappa shape index (κ3) is 2.72. The van der Waals surface area contributed by atoms with E-state index in [1.165, 1.54) is 6.33 Å². The van der Waals surface area contributed by atoms with Crippen molar-refractivity contribution in [3.05, 3.63) is 12.2 Å². The number of hydrogen-bond acceptors (Lipinski definition) is 4. The van der Waals surface area contributed by atoms with Crippen LogP contribution in [0.4, 0.5) is 0 Å². The molecule has 0 bridgehead atoms. The Balaban J connectivity index is 2.00. The van der Waals surface area contributed by atoms with Gasteiger partial charge in [-0.3, -0.25) is 4.79 Å². The molecule has 2 rings (SSSR count). The number of carbonyl (C=O) groups is 1. The largest absolute Gasteiger partial charge is 0.327 e. The second-order valence-corrected chi connectivity index (χ2v) is 4.74. The number of carbonyl (C=O) groups excluding carboxylic acids is 1. The number of aryl methyl sites for hydroxylation is 1. The smallest absolute Gasteiger partial charge is 0.145 e. The number of nitrogens with zero attached hydrogens (tertiary/aromatic N) is 3. The molecule has 2 unspecified atom stereocenters. The van der Waals surface area contributed by atoms with Crippen molar-refractivity contribution >= 4 is 5.78 Å². The van der Waals surface area contributed by atoms with Gasteiger partial charge < -0.3 is 5.73 Å². The predicted molar refractivity (Wildman–Crippen MR) is 64.3 cm³/mol. The van der Waals surface area contributed by atoms with Crippen LogP contribution in [0.2, 0.25) is 0 Å². The maximum absolute atomic E-state index is 12.1. The quantitative estimate of drug-likeness (QED) is 0.825. The Morgan fingerprint density at radius 1 is 1.59 bits per heavy atom. The Morgan fingerprint density at radius 2 is 2.41 bits per heavy atom. The number of aromatic nitrogens is 3. The summed E-state index contributed by atoms with van der Waals surface area (Å²) in [6.07, 6.45) is 5.86. The number of rotatable bonds is 5. The molecule has 1 aliphatic carbocycles. The van der Waals surface area contributed by atoms with Gasteiger partial charge >= 0.3 is 0 Å². The highest BCUT2D eigenvalue weighted by Crippen LogP contribution is 2.25. The van der Waals surface area contributed by atoms with Crippen LogP contribution in [0.15, 0.2) is 6.33 Å². The molecule has 1 fully saturated rings. The Bertz CT molecular complexity index is 388. The molecule has 1 heterocycles. The van der Waals surface area contributed by atoms with Crippen LogP contribution in [0.3, 0.4) is 0 Å². The van der Waals surface area contributed by atoms with E-state index in [4.69, 9.17) is 5.73 Å². The van der Waals surface area contributed by atoms with Crippen molar-refractivity contribution in [2.75, 3.05) is 0 Å². The van der Waals surface area contributed by atoms with Crippen molar-refractivity contribution in [3.8, 4) is 0 Å². The highest BCUT2D eigenvalue weighted by atomic mass is 16.1. The van der Waals surface area contributed by atoms with Gasteiger partial charge in [-0.1, -0.05) is 13.3 Å². The SMILES string of the molecule is CCCn1ncnc1CC(=O)C1CCCC1N. The van der Waals surface area contributed by atoms with E-state index in [9.17, 15) is 4.79 Å². The van der Waals surface area contributed by atoms with Crippen LogP contribution in [-0.4, -0.2) is 26.6 Å². The summed E-state index contributed by atoms with van der Waals surface area (Å²) in [7, 11) is 0. The average Bonchev–Trinajstić information content (AvgIpc) is 2.89. The lowest BCUT2D eigenvalue weighted by molar-refractivity contribution is -0.122. The van der Waals surface area contributed by atoms with E-state index in [1.807, 2.05) is 4.68 Å². The summed E-state index contributed by atoms with van der Waals surface area (Å²) < 4.78 is 1.82. The van der Waals surface area contributed by atoms with Crippen molar-refractivity contribution in [2.24, 2.45) is 11.7 Å². The molecule has 2 N–H and O–H groups in total. The fourth-order valence-corrected chi connectivity index (χ4v) is 2.50. The molecule has 1 aliphatic rings. The zero-order chi connectivity index (χ0) is 12.3. The number of nitrogens with two attached hydrogens (primary N) is 1. The van der Waals surface area contributed by atoms with Crippen molar-refractivity contribution < 1.29 is 4.79 Å². The monoisotopic (exact) mass is 236 g/mol. The Labute approximate surface area is 101 Å². The fourth-order valence-electron chi connectivity index (χ4n) is 2.50. The molecule has 17 heavy (non-hydrogen) atoms. The van der Waals surface area contributed by atoms with Gasteiger partial charge in [0, 0.05) is 18.5 Å². The summed E-state index contributed by atoms with van der Waals surface area (Å²) in [6.45, 7) is 2.90. The van der Waals surface area contributed by atoms with Crippen LogP contribution >= 0.6 is 0 Å². The minimum absolute atomic E-state index is 0.0294. The molecule has 0 amide bonds. The van der Waals surface area contributed by atoms with Gasteiger partial charge in [0.1, 0.15) is 17.9 Å². The second-order valence-electron chi connectivity index (χ2n) is 4.74. The Kier molecular flexibility index (Phi) is 3.89. The molecule has 0 aromatic carbocycles. The van der Waals surface area contributed by atoms with Gasteiger partial charge in [-0.15, -0.1) is 0 Å². The molecule has 0 aliphatic heterocycles. The van der Waals surface area contributed by atoms with Gasteiger partial charge in [-0.05, 0) is 19.3 Å². The lowest BCUT2D eigenvalue weighted by Gasteiger charge is -2.13. The van der Waals surface area contributed by atoms with Gasteiger partial charge in [0.15, 0.2) is 0 Å². The molecule has 1 saturated carbocycles. The third-order valence-corrected chi connectivity index (χ3v) is 3.45. The molecule has 0 saturated heterocycles. The first-order valence-electron chi connectivity index (χ1n) is 6.37. The van der Waals surface area contributed by atoms with E-state index in [1.54, 1.807) is 0 Å². The Hall–Kier alpha value is -1.23. The lowest BCUT2D eigenvalue weighted by atomic mass is 9.96. The van der Waals surface area contributed by atoms with E-state index >= 15 is 0 Å². The first-order chi connectivity index (χ1) is 8.22. The summed E-state index contributed by atoms with van der Waals surface area (Å²) in [4.78, 5) is 16.3. The van der Waals surface area contributed by atoms with Gasteiger partial charge in [-0.25, -0.2) is 9.67 Å². The summed E-state index contributed by atoms with van der Waals surface area (Å²) in [5.74, 6) is 1.03. The zero-order valence-corrected chi connectivity index (χ0v) is 10.3. The molecule has 5 heteroatoms. The third-order valence-electron chi connectivity index (χ3n) is 3.45. The molecule has 0 spiro atoms. The van der Waals surface area contributed by atoms with Crippen LogP contribution in [0.5, 0.6) is 0 Å². The average molecular weight is 236 g/mol. The number of hydrogen-bond donors (Lipinski definition) is 1. The first-order valence-corrected chi connectivity index (χ1v) is 6.37. The van der Waals surface area contributed by atoms with E-state index in [-0.39, 0.29) is 17.7 Å². The van der Waals surface area contributed by atoms with Gasteiger partial charge in [0.05, 0.1) is 6.42 Å². The highest BCUT2D eigenvalue weighted by molar-refractivity contribution is 5.83. The van der Waals surface area contributed by atoms with Crippen LogP contribution in [0.25, 0.3) is 0 Å². The van der Waals surface area contributed by atoms with Crippen molar-refractivity contribution in [1.29, 1.82) is 0 Å². The molecule has 1 aromatic rings.